The molecule has 1 aromatic rings. The highest BCUT2D eigenvalue weighted by Crippen LogP contribution is 2.38. The van der Waals surface area contributed by atoms with Crippen LogP contribution in [0, 0.1) is 0 Å². The van der Waals surface area contributed by atoms with E-state index < -0.39 is 0 Å². The van der Waals surface area contributed by atoms with Crippen molar-refractivity contribution < 1.29 is 0 Å². The molecular weight excluding hydrogens is 227 g/mol. The van der Waals surface area contributed by atoms with Gasteiger partial charge >= 0.3 is 0 Å². The standard InChI is InChI=1S/C13H23BN2S/c1-2-9-15-11-10-16-12(17-11)13(14)7-5-3-4-6-8-13/h10,15H,2-9,14H2,1H3. The third-order valence-electron chi connectivity index (χ3n) is 3.78. The molecule has 0 atom stereocenters. The molecule has 0 aromatic carbocycles. The second-order valence-corrected chi connectivity index (χ2v) is 6.46. The van der Waals surface area contributed by atoms with Gasteiger partial charge in [0.25, 0.3) is 0 Å². The van der Waals surface area contributed by atoms with Gasteiger partial charge in [-0.2, -0.15) is 0 Å². The topological polar surface area (TPSA) is 24.9 Å². The lowest BCUT2D eigenvalue weighted by Gasteiger charge is -2.25. The van der Waals surface area contributed by atoms with Gasteiger partial charge in [0.05, 0.1) is 11.2 Å². The fourth-order valence-corrected chi connectivity index (χ4v) is 3.65. The summed E-state index contributed by atoms with van der Waals surface area (Å²) in [5.74, 6) is 0. The van der Waals surface area contributed by atoms with Gasteiger partial charge in [-0.3, -0.25) is 0 Å². The molecule has 94 valence electrons. The molecule has 1 heterocycles. The molecule has 0 amide bonds. The Kier molecular flexibility index (Phi) is 4.49. The Hall–Kier alpha value is -0.505. The highest BCUT2D eigenvalue weighted by atomic mass is 32.1. The van der Waals surface area contributed by atoms with Crippen LogP contribution in [0.2, 0.25) is 0 Å². The number of nitrogens with zero attached hydrogens (tertiary/aromatic N) is 1. The maximum atomic E-state index is 4.66. The van der Waals surface area contributed by atoms with E-state index in [4.69, 9.17) is 0 Å². The molecular formula is C13H23BN2S. The lowest BCUT2D eigenvalue weighted by molar-refractivity contribution is 0.521. The predicted molar refractivity (Wildman–Crippen MR) is 78.8 cm³/mol. The van der Waals surface area contributed by atoms with Gasteiger partial charge in [-0.05, 0) is 24.6 Å². The van der Waals surface area contributed by atoms with Crippen LogP contribution in [0.1, 0.15) is 56.9 Å². The summed E-state index contributed by atoms with van der Waals surface area (Å²) < 4.78 is 0. The van der Waals surface area contributed by atoms with E-state index in [0.717, 1.165) is 6.54 Å². The van der Waals surface area contributed by atoms with Crippen LogP contribution < -0.4 is 5.32 Å². The normalized spacial score (nSPS) is 19.8. The molecule has 0 spiro atoms. The zero-order chi connectivity index (χ0) is 12.1. The molecule has 1 saturated carbocycles. The Morgan fingerprint density at radius 3 is 2.71 bits per heavy atom. The third kappa shape index (κ3) is 3.24. The first-order chi connectivity index (χ1) is 8.24. The summed E-state index contributed by atoms with van der Waals surface area (Å²) in [5.41, 5.74) is 0. The van der Waals surface area contributed by atoms with Crippen molar-refractivity contribution in [3.05, 3.63) is 11.2 Å². The molecule has 2 nitrogen and oxygen atoms in total. The second kappa shape index (κ2) is 5.90. The summed E-state index contributed by atoms with van der Waals surface area (Å²) in [6, 6.07) is 0. The Morgan fingerprint density at radius 2 is 2.06 bits per heavy atom. The number of anilines is 1. The highest BCUT2D eigenvalue weighted by Gasteiger charge is 2.30. The van der Waals surface area contributed by atoms with Gasteiger partial charge < -0.3 is 5.32 Å². The van der Waals surface area contributed by atoms with E-state index in [1.807, 2.05) is 17.5 Å². The maximum absolute atomic E-state index is 4.66. The van der Waals surface area contributed by atoms with Gasteiger partial charge in [-0.15, -0.1) is 11.3 Å². The fourth-order valence-electron chi connectivity index (χ4n) is 2.61. The molecule has 0 radical (unpaired) electrons. The molecule has 0 aliphatic heterocycles. The van der Waals surface area contributed by atoms with Gasteiger partial charge in [-0.1, -0.05) is 32.6 Å². The minimum Gasteiger partial charge on any atom is -0.376 e. The lowest BCUT2D eigenvalue weighted by Crippen LogP contribution is -2.25. The molecule has 1 aliphatic carbocycles. The summed E-state index contributed by atoms with van der Waals surface area (Å²) in [6.07, 6.45) is 11.4. The monoisotopic (exact) mass is 250 g/mol. The van der Waals surface area contributed by atoms with Gasteiger partial charge in [0, 0.05) is 6.54 Å². The SMILES string of the molecule is BC1(c2ncc(NCCC)s2)CCCCCC1. The third-order valence-corrected chi connectivity index (χ3v) is 5.04. The molecule has 17 heavy (non-hydrogen) atoms. The number of rotatable bonds is 4. The van der Waals surface area contributed by atoms with Crippen LogP contribution in [0.4, 0.5) is 5.00 Å². The van der Waals surface area contributed by atoms with Crippen molar-refractivity contribution >= 4 is 24.2 Å². The van der Waals surface area contributed by atoms with Crippen molar-refractivity contribution in [2.75, 3.05) is 11.9 Å². The van der Waals surface area contributed by atoms with Gasteiger partial charge in [0.1, 0.15) is 12.8 Å². The van der Waals surface area contributed by atoms with Crippen molar-refractivity contribution in [3.63, 3.8) is 0 Å². The summed E-state index contributed by atoms with van der Waals surface area (Å²) in [4.78, 5) is 4.66. The first-order valence-electron chi connectivity index (χ1n) is 6.95. The molecule has 2 rings (SSSR count). The summed E-state index contributed by atoms with van der Waals surface area (Å²) in [7, 11) is 2.40. The smallest absolute Gasteiger partial charge is 0.118 e. The van der Waals surface area contributed by atoms with E-state index in [-0.39, 0.29) is 0 Å². The minimum atomic E-state index is 0.341. The van der Waals surface area contributed by atoms with E-state index >= 15 is 0 Å². The van der Waals surface area contributed by atoms with E-state index in [1.165, 1.54) is 55.0 Å². The first-order valence-corrected chi connectivity index (χ1v) is 7.76. The zero-order valence-electron chi connectivity index (χ0n) is 11.1. The Labute approximate surface area is 110 Å². The number of hydrogen-bond acceptors (Lipinski definition) is 3. The van der Waals surface area contributed by atoms with Crippen LogP contribution in [-0.2, 0) is 5.31 Å². The molecule has 1 fully saturated rings. The van der Waals surface area contributed by atoms with Crippen LogP contribution in [-0.4, -0.2) is 19.4 Å². The van der Waals surface area contributed by atoms with Crippen molar-refractivity contribution in [1.82, 2.24) is 4.98 Å². The van der Waals surface area contributed by atoms with Crippen LogP contribution in [0.25, 0.3) is 0 Å². The van der Waals surface area contributed by atoms with Crippen molar-refractivity contribution in [3.8, 4) is 0 Å². The number of hydrogen-bond donors (Lipinski definition) is 1. The van der Waals surface area contributed by atoms with Gasteiger partial charge in [-0.25, -0.2) is 4.98 Å². The second-order valence-electron chi connectivity index (χ2n) is 5.43. The van der Waals surface area contributed by atoms with E-state index in [1.54, 1.807) is 0 Å². The summed E-state index contributed by atoms with van der Waals surface area (Å²) in [5, 5.41) is 6.37. The molecule has 0 bridgehead atoms. The molecule has 0 unspecified atom stereocenters. The van der Waals surface area contributed by atoms with Crippen LogP contribution >= 0.6 is 11.3 Å². The van der Waals surface area contributed by atoms with Gasteiger partial charge in [0.15, 0.2) is 0 Å². The first kappa shape index (κ1) is 12.9. The van der Waals surface area contributed by atoms with Crippen molar-refractivity contribution in [1.29, 1.82) is 0 Å². The molecule has 1 aromatic heterocycles. The fraction of sp³-hybridized carbons (Fsp3) is 0.769. The van der Waals surface area contributed by atoms with E-state index in [0.29, 0.717) is 5.31 Å². The van der Waals surface area contributed by atoms with Crippen molar-refractivity contribution in [2.24, 2.45) is 0 Å². The average Bonchev–Trinajstić information content (AvgIpc) is 2.70. The van der Waals surface area contributed by atoms with Crippen LogP contribution in [0.3, 0.4) is 0 Å². The average molecular weight is 250 g/mol. The van der Waals surface area contributed by atoms with Crippen molar-refractivity contribution in [2.45, 2.75) is 57.2 Å². The minimum absolute atomic E-state index is 0.341. The van der Waals surface area contributed by atoms with E-state index in [9.17, 15) is 0 Å². The van der Waals surface area contributed by atoms with Crippen LogP contribution in [0.15, 0.2) is 6.20 Å². The lowest BCUT2D eigenvalue weighted by atomic mass is 9.64. The zero-order valence-corrected chi connectivity index (χ0v) is 11.9. The molecule has 1 aliphatic rings. The Balaban J connectivity index is 2.06. The van der Waals surface area contributed by atoms with Gasteiger partial charge in [0.2, 0.25) is 0 Å². The number of aromatic nitrogens is 1. The predicted octanol–water partition coefficient (Wildman–Crippen LogP) is 3.15. The Bertz CT molecular complexity index is 343. The summed E-state index contributed by atoms with van der Waals surface area (Å²) in [6.45, 7) is 3.25. The molecule has 0 saturated heterocycles. The number of nitrogens with one attached hydrogen (secondary N) is 1. The Morgan fingerprint density at radius 1 is 1.35 bits per heavy atom. The largest absolute Gasteiger partial charge is 0.376 e. The molecule has 1 N–H and O–H groups in total. The molecule has 4 heteroatoms. The highest BCUT2D eigenvalue weighted by molar-refractivity contribution is 7.16. The van der Waals surface area contributed by atoms with Crippen LogP contribution in [0.5, 0.6) is 0 Å². The summed E-state index contributed by atoms with van der Waals surface area (Å²) >= 11 is 1.87. The quantitative estimate of drug-likeness (QED) is 0.656. The maximum Gasteiger partial charge on any atom is 0.118 e. The van der Waals surface area contributed by atoms with E-state index in [2.05, 4.69) is 25.1 Å². The number of thiazole rings is 1.